The second-order valence-corrected chi connectivity index (χ2v) is 7.01. The van der Waals surface area contributed by atoms with Crippen LogP contribution in [-0.2, 0) is 27.8 Å². The third-order valence-electron chi connectivity index (χ3n) is 3.77. The molecule has 0 fully saturated rings. The van der Waals surface area contributed by atoms with Crippen molar-refractivity contribution in [2.75, 3.05) is 18.5 Å². The highest BCUT2D eigenvalue weighted by Crippen LogP contribution is 2.29. The molecule has 0 spiro atoms. The summed E-state index contributed by atoms with van der Waals surface area (Å²) in [6, 6.07) is 8.58. The lowest BCUT2D eigenvalue weighted by Crippen LogP contribution is -2.27. The van der Waals surface area contributed by atoms with Crippen molar-refractivity contribution in [3.63, 3.8) is 0 Å². The third-order valence-corrected chi connectivity index (χ3v) is 5.23. The molecule has 6 nitrogen and oxygen atoms in total. The lowest BCUT2D eigenvalue weighted by molar-refractivity contribution is -0.117. The number of fused-ring (bicyclic) bond motifs is 1. The Morgan fingerprint density at radius 1 is 1.23 bits per heavy atom. The van der Waals surface area contributed by atoms with Crippen LogP contribution in [0.5, 0.6) is 0 Å². The van der Waals surface area contributed by atoms with Gasteiger partial charge in [0.05, 0.1) is 11.3 Å². The molecule has 0 aliphatic carbocycles. The Hall–Kier alpha value is -2.12. The van der Waals surface area contributed by atoms with Gasteiger partial charge in [-0.1, -0.05) is 0 Å². The summed E-state index contributed by atoms with van der Waals surface area (Å²) in [7, 11) is -1.87. The van der Waals surface area contributed by atoms with Crippen LogP contribution in [0.25, 0.3) is 0 Å². The van der Waals surface area contributed by atoms with Crippen LogP contribution in [0, 0.1) is 0 Å². The van der Waals surface area contributed by atoms with E-state index in [9.17, 15) is 13.2 Å². The lowest BCUT2D eigenvalue weighted by atomic mass is 10.2. The fourth-order valence-electron chi connectivity index (χ4n) is 2.53. The molecule has 1 aromatic carbocycles. The topological polar surface area (TPSA) is 71.4 Å². The van der Waals surface area contributed by atoms with Crippen molar-refractivity contribution in [3.8, 4) is 0 Å². The summed E-state index contributed by atoms with van der Waals surface area (Å²) in [5.41, 5.74) is 1.53. The first-order valence-electron chi connectivity index (χ1n) is 6.97. The van der Waals surface area contributed by atoms with Gasteiger partial charge >= 0.3 is 0 Å². The van der Waals surface area contributed by atoms with Gasteiger partial charge in [0.15, 0.2) is 0 Å². The van der Waals surface area contributed by atoms with E-state index in [4.69, 9.17) is 0 Å². The van der Waals surface area contributed by atoms with Crippen molar-refractivity contribution < 1.29 is 13.2 Å². The van der Waals surface area contributed by atoms with Crippen molar-refractivity contribution in [2.24, 2.45) is 0 Å². The molecule has 2 aromatic rings. The van der Waals surface area contributed by atoms with Crippen LogP contribution < -0.4 is 9.62 Å². The third kappa shape index (κ3) is 2.77. The molecule has 0 atom stereocenters. The van der Waals surface area contributed by atoms with Crippen molar-refractivity contribution >= 4 is 21.6 Å². The van der Waals surface area contributed by atoms with Gasteiger partial charge in [-0.3, -0.25) is 4.79 Å². The van der Waals surface area contributed by atoms with Crippen LogP contribution in [0.4, 0.5) is 5.69 Å². The lowest BCUT2D eigenvalue weighted by Gasteiger charge is -2.11. The highest BCUT2D eigenvalue weighted by atomic mass is 32.2. The van der Waals surface area contributed by atoms with Gasteiger partial charge < -0.3 is 9.47 Å². The molecule has 1 aliphatic heterocycles. The number of rotatable bonds is 5. The van der Waals surface area contributed by atoms with E-state index in [1.54, 1.807) is 24.1 Å². The number of anilines is 1. The number of likely N-dealkylation sites (N-methyl/N-ethyl adjacent to an activating group) is 1. The van der Waals surface area contributed by atoms with Crippen LogP contribution in [0.2, 0.25) is 0 Å². The Kier molecular flexibility index (Phi) is 3.76. The number of amides is 1. The molecule has 0 bridgehead atoms. The first kappa shape index (κ1) is 14.8. The van der Waals surface area contributed by atoms with E-state index in [0.717, 1.165) is 11.3 Å². The first-order chi connectivity index (χ1) is 10.5. The van der Waals surface area contributed by atoms with E-state index >= 15 is 0 Å². The van der Waals surface area contributed by atoms with E-state index in [2.05, 4.69) is 4.72 Å². The number of nitrogens with one attached hydrogen (secondary N) is 1. The van der Waals surface area contributed by atoms with E-state index < -0.39 is 10.0 Å². The van der Waals surface area contributed by atoms with Crippen molar-refractivity contribution in [3.05, 3.63) is 48.3 Å². The minimum Gasteiger partial charge on any atom is -0.353 e. The molecule has 1 aromatic heterocycles. The summed E-state index contributed by atoms with van der Waals surface area (Å²) in [5.74, 6) is -0.0230. The number of nitrogens with zero attached hydrogens (tertiary/aromatic N) is 2. The Morgan fingerprint density at radius 2 is 1.95 bits per heavy atom. The maximum atomic E-state index is 12.3. The quantitative estimate of drug-likeness (QED) is 0.893. The van der Waals surface area contributed by atoms with Crippen molar-refractivity contribution in [1.82, 2.24) is 9.29 Å². The number of hydrogen-bond donors (Lipinski definition) is 1. The minimum absolute atomic E-state index is 0.0230. The number of sulfonamides is 1. The number of hydrogen-bond acceptors (Lipinski definition) is 3. The maximum absolute atomic E-state index is 12.3. The number of carbonyl (C=O) groups excluding carboxylic acids is 1. The largest absolute Gasteiger partial charge is 0.353 e. The van der Waals surface area contributed by atoms with Crippen LogP contribution in [0.1, 0.15) is 5.56 Å². The summed E-state index contributed by atoms with van der Waals surface area (Å²) < 4.78 is 29.1. The van der Waals surface area contributed by atoms with Crippen molar-refractivity contribution in [1.29, 1.82) is 0 Å². The molecule has 3 rings (SSSR count). The van der Waals surface area contributed by atoms with Gasteiger partial charge in [0.1, 0.15) is 0 Å². The predicted octanol–water partition coefficient (Wildman–Crippen LogP) is 0.985. The molecule has 22 heavy (non-hydrogen) atoms. The summed E-state index contributed by atoms with van der Waals surface area (Å²) in [5, 5.41) is 0. The van der Waals surface area contributed by atoms with E-state index in [-0.39, 0.29) is 17.2 Å². The standard InChI is InChI=1S/C15H17N3O3S/c1-17-14-5-4-13(10-12(14)11-15(17)19)22(20,21)16-6-9-18-7-2-3-8-18/h2-5,7-8,10,16H,6,9,11H2,1H3. The molecule has 1 aliphatic rings. The van der Waals surface area contributed by atoms with Gasteiger partial charge in [-0.2, -0.15) is 0 Å². The average molecular weight is 319 g/mol. The van der Waals surface area contributed by atoms with Gasteiger partial charge in [0.2, 0.25) is 15.9 Å². The van der Waals surface area contributed by atoms with Crippen LogP contribution in [-0.4, -0.2) is 32.5 Å². The predicted molar refractivity (Wildman–Crippen MR) is 83.2 cm³/mol. The van der Waals surface area contributed by atoms with Crippen LogP contribution in [0.3, 0.4) is 0 Å². The van der Waals surface area contributed by atoms with E-state index in [1.165, 1.54) is 6.07 Å². The minimum atomic E-state index is -3.56. The normalized spacial score (nSPS) is 14.4. The maximum Gasteiger partial charge on any atom is 0.240 e. The Bertz CT molecular complexity index is 797. The second-order valence-electron chi connectivity index (χ2n) is 5.24. The SMILES string of the molecule is CN1C(=O)Cc2cc(S(=O)(=O)NCCn3cccc3)ccc21. The van der Waals surface area contributed by atoms with Gasteiger partial charge in [-0.25, -0.2) is 13.1 Å². The highest BCUT2D eigenvalue weighted by molar-refractivity contribution is 7.89. The Balaban J connectivity index is 1.73. The molecule has 1 amide bonds. The Morgan fingerprint density at radius 3 is 2.68 bits per heavy atom. The zero-order valence-corrected chi connectivity index (χ0v) is 13.0. The summed E-state index contributed by atoms with van der Waals surface area (Å²) in [6.45, 7) is 0.880. The van der Waals surface area contributed by atoms with Crippen molar-refractivity contribution in [2.45, 2.75) is 17.9 Å². The summed E-state index contributed by atoms with van der Waals surface area (Å²) in [6.07, 6.45) is 4.01. The summed E-state index contributed by atoms with van der Waals surface area (Å²) in [4.78, 5) is 13.4. The fraction of sp³-hybridized carbons (Fsp3) is 0.267. The van der Waals surface area contributed by atoms with Gasteiger partial charge in [-0.15, -0.1) is 0 Å². The van der Waals surface area contributed by atoms with Crippen LogP contribution >= 0.6 is 0 Å². The highest BCUT2D eigenvalue weighted by Gasteiger charge is 2.26. The monoisotopic (exact) mass is 319 g/mol. The molecule has 1 N–H and O–H groups in total. The molecule has 2 heterocycles. The average Bonchev–Trinajstić information content (AvgIpc) is 3.08. The number of carbonyl (C=O) groups is 1. The fourth-order valence-corrected chi connectivity index (χ4v) is 3.60. The summed E-state index contributed by atoms with van der Waals surface area (Å²) >= 11 is 0. The van der Waals surface area contributed by atoms with E-state index in [1.807, 2.05) is 29.1 Å². The van der Waals surface area contributed by atoms with E-state index in [0.29, 0.717) is 13.1 Å². The smallest absolute Gasteiger partial charge is 0.240 e. The number of benzene rings is 1. The molecule has 7 heteroatoms. The molecular formula is C15H17N3O3S. The zero-order chi connectivity index (χ0) is 15.7. The molecular weight excluding hydrogens is 302 g/mol. The zero-order valence-electron chi connectivity index (χ0n) is 12.2. The van der Waals surface area contributed by atoms with Gasteiger partial charge in [0, 0.05) is 38.2 Å². The number of aromatic nitrogens is 1. The van der Waals surface area contributed by atoms with Crippen LogP contribution in [0.15, 0.2) is 47.6 Å². The molecule has 0 unspecified atom stereocenters. The molecule has 0 saturated carbocycles. The Labute approximate surface area is 129 Å². The molecule has 116 valence electrons. The van der Waals surface area contributed by atoms with Gasteiger partial charge in [-0.05, 0) is 35.9 Å². The molecule has 0 radical (unpaired) electrons. The molecule has 0 saturated heterocycles. The van der Waals surface area contributed by atoms with Gasteiger partial charge in [0.25, 0.3) is 0 Å². The second kappa shape index (κ2) is 5.58. The first-order valence-corrected chi connectivity index (χ1v) is 8.45.